The summed E-state index contributed by atoms with van der Waals surface area (Å²) in [5, 5.41) is 12.4. The molecular formula is C18H16F2N2O3. The van der Waals surface area contributed by atoms with Crippen LogP contribution in [-0.4, -0.2) is 28.9 Å². The van der Waals surface area contributed by atoms with Gasteiger partial charge in [-0.3, -0.25) is 9.59 Å². The highest BCUT2D eigenvalue weighted by atomic mass is 19.2. The molecule has 2 aromatic rings. The number of rotatable bonds is 5. The van der Waals surface area contributed by atoms with Crippen molar-refractivity contribution in [3.05, 3.63) is 71.8 Å². The lowest BCUT2D eigenvalue weighted by Gasteiger charge is -2.19. The smallest absolute Gasteiger partial charge is 0.257 e. The quantitative estimate of drug-likeness (QED) is 0.646. The molecule has 0 atom stereocenters. The zero-order chi connectivity index (χ0) is 18.6. The Morgan fingerprint density at radius 2 is 2.00 bits per heavy atom. The number of anilines is 1. The van der Waals surface area contributed by atoms with Gasteiger partial charge in [0.25, 0.3) is 5.91 Å². The second-order valence-corrected chi connectivity index (χ2v) is 5.30. The predicted octanol–water partition coefficient (Wildman–Crippen LogP) is 3.07. The van der Waals surface area contributed by atoms with Gasteiger partial charge in [-0.25, -0.2) is 8.78 Å². The van der Waals surface area contributed by atoms with E-state index in [4.69, 9.17) is 0 Å². The first-order valence-electron chi connectivity index (χ1n) is 7.28. The van der Waals surface area contributed by atoms with Crippen LogP contribution in [-0.2, 0) is 11.3 Å². The summed E-state index contributed by atoms with van der Waals surface area (Å²) in [6.45, 7) is 3.13. The first-order valence-corrected chi connectivity index (χ1v) is 7.28. The van der Waals surface area contributed by atoms with Crippen LogP contribution in [0.4, 0.5) is 14.5 Å². The van der Waals surface area contributed by atoms with Crippen molar-refractivity contribution in [2.45, 2.75) is 6.54 Å². The topological polar surface area (TPSA) is 69.6 Å². The molecule has 0 radical (unpaired) electrons. The number of phenols is 1. The molecule has 0 aliphatic rings. The molecule has 0 aromatic heterocycles. The molecule has 0 fully saturated rings. The molecule has 0 heterocycles. The zero-order valence-corrected chi connectivity index (χ0v) is 13.4. The number of hydrogen-bond donors (Lipinski definition) is 2. The minimum atomic E-state index is -1.03. The van der Waals surface area contributed by atoms with Crippen LogP contribution < -0.4 is 5.32 Å². The first kappa shape index (κ1) is 18.1. The fraction of sp³-hybridized carbons (Fsp3) is 0.111. The summed E-state index contributed by atoms with van der Waals surface area (Å²) in [5.41, 5.74) is 0.212. The van der Waals surface area contributed by atoms with E-state index in [1.54, 1.807) is 0 Å². The Labute approximate surface area is 143 Å². The highest BCUT2D eigenvalue weighted by Gasteiger charge is 2.19. The van der Waals surface area contributed by atoms with Crippen LogP contribution in [0.25, 0.3) is 0 Å². The highest BCUT2D eigenvalue weighted by Crippen LogP contribution is 2.24. The minimum Gasteiger partial charge on any atom is -0.507 e. The maximum atomic E-state index is 13.7. The fourth-order valence-electron chi connectivity index (χ4n) is 2.18. The van der Waals surface area contributed by atoms with Crippen molar-refractivity contribution in [1.82, 2.24) is 4.90 Å². The molecule has 7 heteroatoms. The van der Waals surface area contributed by atoms with Crippen LogP contribution >= 0.6 is 0 Å². The second-order valence-electron chi connectivity index (χ2n) is 5.30. The summed E-state index contributed by atoms with van der Waals surface area (Å²) in [4.78, 5) is 24.9. The van der Waals surface area contributed by atoms with Gasteiger partial charge in [-0.2, -0.15) is 0 Å². The number of amides is 2. The molecule has 0 aliphatic carbocycles. The van der Waals surface area contributed by atoms with Crippen molar-refractivity contribution in [2.24, 2.45) is 0 Å². The van der Waals surface area contributed by atoms with Crippen LogP contribution in [0.5, 0.6) is 5.75 Å². The summed E-state index contributed by atoms with van der Waals surface area (Å²) in [6.07, 6.45) is 1.06. The van der Waals surface area contributed by atoms with E-state index < -0.39 is 23.4 Å². The lowest BCUT2D eigenvalue weighted by Crippen LogP contribution is -2.27. The maximum Gasteiger partial charge on any atom is 0.257 e. The number of nitrogens with zero attached hydrogens (tertiary/aromatic N) is 1. The largest absolute Gasteiger partial charge is 0.507 e. The average Bonchev–Trinajstić information content (AvgIpc) is 2.59. The number of carbonyl (C=O) groups excluding carboxylic acids is 2. The van der Waals surface area contributed by atoms with Gasteiger partial charge in [0.15, 0.2) is 11.6 Å². The van der Waals surface area contributed by atoms with Crippen molar-refractivity contribution in [1.29, 1.82) is 0 Å². The fourth-order valence-corrected chi connectivity index (χ4v) is 2.18. The van der Waals surface area contributed by atoms with Crippen molar-refractivity contribution >= 4 is 17.5 Å². The highest BCUT2D eigenvalue weighted by molar-refractivity contribution is 6.01. The van der Waals surface area contributed by atoms with Crippen LogP contribution in [0.2, 0.25) is 0 Å². The van der Waals surface area contributed by atoms with E-state index in [1.165, 1.54) is 37.4 Å². The van der Waals surface area contributed by atoms with Crippen molar-refractivity contribution in [3.63, 3.8) is 0 Å². The molecule has 130 valence electrons. The summed E-state index contributed by atoms with van der Waals surface area (Å²) < 4.78 is 27.0. The van der Waals surface area contributed by atoms with Gasteiger partial charge in [-0.15, -0.1) is 0 Å². The summed E-state index contributed by atoms with van der Waals surface area (Å²) in [7, 11) is 1.39. The molecule has 25 heavy (non-hydrogen) atoms. The van der Waals surface area contributed by atoms with Crippen molar-refractivity contribution < 1.29 is 23.5 Å². The van der Waals surface area contributed by atoms with Crippen LogP contribution in [0, 0.1) is 11.6 Å². The lowest BCUT2D eigenvalue weighted by molar-refractivity contribution is -0.111. The number of aromatic hydroxyl groups is 1. The Balaban J connectivity index is 2.24. The number of halogens is 2. The minimum absolute atomic E-state index is 0.00598. The standard InChI is InChI=1S/C18H16F2N2O3/c1-3-16(24)21-12-7-8-15(23)13(9-12)18(25)22(2)10-11-5-4-6-14(19)17(11)20/h3-9,23H,1,10H2,2H3,(H,21,24). The third kappa shape index (κ3) is 4.20. The van der Waals surface area contributed by atoms with Crippen LogP contribution in [0.3, 0.4) is 0 Å². The van der Waals surface area contributed by atoms with Gasteiger partial charge in [0.1, 0.15) is 5.75 Å². The van der Waals surface area contributed by atoms with Gasteiger partial charge < -0.3 is 15.3 Å². The molecule has 2 N–H and O–H groups in total. The molecule has 5 nitrogen and oxygen atoms in total. The predicted molar refractivity (Wildman–Crippen MR) is 89.1 cm³/mol. The van der Waals surface area contributed by atoms with Crippen LogP contribution in [0.15, 0.2) is 49.1 Å². The number of nitrogens with one attached hydrogen (secondary N) is 1. The normalized spacial score (nSPS) is 10.2. The van der Waals surface area contributed by atoms with E-state index in [0.717, 1.165) is 17.0 Å². The molecular weight excluding hydrogens is 330 g/mol. The van der Waals surface area contributed by atoms with Gasteiger partial charge in [-0.05, 0) is 30.3 Å². The summed E-state index contributed by atoms with van der Waals surface area (Å²) in [6, 6.07) is 7.65. The van der Waals surface area contributed by atoms with E-state index in [0.29, 0.717) is 0 Å². The Morgan fingerprint density at radius 3 is 2.68 bits per heavy atom. The third-order valence-electron chi connectivity index (χ3n) is 3.47. The van der Waals surface area contributed by atoms with Crippen LogP contribution in [0.1, 0.15) is 15.9 Å². The molecule has 2 amide bonds. The lowest BCUT2D eigenvalue weighted by atomic mass is 10.1. The van der Waals surface area contributed by atoms with Gasteiger partial charge >= 0.3 is 0 Å². The number of hydrogen-bond acceptors (Lipinski definition) is 3. The SMILES string of the molecule is C=CC(=O)Nc1ccc(O)c(C(=O)N(C)Cc2cccc(F)c2F)c1. The average molecular weight is 346 g/mol. The number of phenolic OH excluding ortho intramolecular Hbond substituents is 1. The van der Waals surface area contributed by atoms with E-state index in [9.17, 15) is 23.5 Å². The second kappa shape index (κ2) is 7.57. The molecule has 0 saturated carbocycles. The molecule has 2 rings (SSSR count). The monoisotopic (exact) mass is 346 g/mol. The number of benzene rings is 2. The molecule has 0 spiro atoms. The van der Waals surface area contributed by atoms with E-state index in [-0.39, 0.29) is 29.1 Å². The summed E-state index contributed by atoms with van der Waals surface area (Å²) in [5.74, 6) is -3.42. The Bertz CT molecular complexity index is 837. The molecule has 2 aromatic carbocycles. The van der Waals surface area contributed by atoms with Gasteiger partial charge in [0.2, 0.25) is 5.91 Å². The Morgan fingerprint density at radius 1 is 1.28 bits per heavy atom. The van der Waals surface area contributed by atoms with E-state index in [1.807, 2.05) is 0 Å². The van der Waals surface area contributed by atoms with E-state index in [2.05, 4.69) is 11.9 Å². The molecule has 0 unspecified atom stereocenters. The van der Waals surface area contributed by atoms with Crippen molar-refractivity contribution in [3.8, 4) is 5.75 Å². The molecule has 0 saturated heterocycles. The summed E-state index contributed by atoms with van der Waals surface area (Å²) >= 11 is 0. The Kier molecular flexibility index (Phi) is 5.49. The van der Waals surface area contributed by atoms with E-state index >= 15 is 0 Å². The maximum absolute atomic E-state index is 13.7. The zero-order valence-electron chi connectivity index (χ0n) is 13.4. The number of carbonyl (C=O) groups is 2. The van der Waals surface area contributed by atoms with Gasteiger partial charge in [0, 0.05) is 24.8 Å². The van der Waals surface area contributed by atoms with Gasteiger partial charge in [0.05, 0.1) is 5.56 Å². The first-order chi connectivity index (χ1) is 11.8. The van der Waals surface area contributed by atoms with Gasteiger partial charge in [-0.1, -0.05) is 18.7 Å². The third-order valence-corrected chi connectivity index (χ3v) is 3.47. The molecule has 0 aliphatic heterocycles. The van der Waals surface area contributed by atoms with Crippen molar-refractivity contribution in [2.75, 3.05) is 12.4 Å². The Hall–Kier alpha value is -3.22. The molecule has 0 bridgehead atoms.